The van der Waals surface area contributed by atoms with E-state index < -0.39 is 0 Å². The van der Waals surface area contributed by atoms with E-state index in [1.165, 1.54) is 19.3 Å². The molecule has 3 atom stereocenters. The summed E-state index contributed by atoms with van der Waals surface area (Å²) in [4.78, 5) is 12.5. The number of carbonyl (C=O) groups excluding carboxylic acids is 1. The molecule has 0 spiro atoms. The average Bonchev–Trinajstić information content (AvgIpc) is 3.21. The minimum absolute atomic E-state index is 0.00210. The number of rotatable bonds is 3. The maximum atomic E-state index is 12.5. The number of hydrogen-bond acceptors (Lipinski definition) is 3. The first kappa shape index (κ1) is 15.9. The van der Waals surface area contributed by atoms with Gasteiger partial charge in [-0.1, -0.05) is 33.1 Å². The van der Waals surface area contributed by atoms with Crippen LogP contribution in [0.25, 0.3) is 0 Å². The number of carbonyl (C=O) groups is 1. The topological polar surface area (TPSA) is 68.2 Å². The Bertz CT molecular complexity index is 606. The van der Waals surface area contributed by atoms with E-state index in [1.807, 2.05) is 10.7 Å². The molecule has 6 nitrogen and oxygen atoms in total. The van der Waals surface area contributed by atoms with Gasteiger partial charge in [0.25, 0.3) is 0 Å². The van der Waals surface area contributed by atoms with E-state index >= 15 is 0 Å². The summed E-state index contributed by atoms with van der Waals surface area (Å²) >= 11 is 0. The second-order valence-corrected chi connectivity index (χ2v) is 8.09. The van der Waals surface area contributed by atoms with Crippen LogP contribution < -0.4 is 10.6 Å². The van der Waals surface area contributed by atoms with Crippen molar-refractivity contribution in [2.24, 2.45) is 11.3 Å². The summed E-state index contributed by atoms with van der Waals surface area (Å²) in [5.74, 6) is 1.25. The number of fused-ring (bicyclic) bond motifs is 1. The lowest BCUT2D eigenvalue weighted by Gasteiger charge is -2.54. The van der Waals surface area contributed by atoms with Gasteiger partial charge in [0, 0.05) is 30.0 Å². The smallest absolute Gasteiger partial charge is 0.320 e. The number of anilines is 1. The van der Waals surface area contributed by atoms with E-state index in [-0.39, 0.29) is 23.6 Å². The van der Waals surface area contributed by atoms with Gasteiger partial charge in [0.2, 0.25) is 0 Å². The third-order valence-corrected chi connectivity index (χ3v) is 6.22. The second kappa shape index (κ2) is 6.06. The molecule has 6 heteroatoms. The lowest BCUT2D eigenvalue weighted by molar-refractivity contribution is -0.107. The lowest BCUT2D eigenvalue weighted by atomic mass is 9.57. The summed E-state index contributed by atoms with van der Waals surface area (Å²) in [6.45, 7) is 5.17. The molecule has 1 aromatic heterocycles. The zero-order valence-electron chi connectivity index (χ0n) is 14.6. The first-order valence-corrected chi connectivity index (χ1v) is 9.30. The fourth-order valence-corrected chi connectivity index (χ4v) is 4.94. The molecule has 2 heterocycles. The van der Waals surface area contributed by atoms with Crippen molar-refractivity contribution in [3.8, 4) is 0 Å². The van der Waals surface area contributed by atoms with Gasteiger partial charge in [0.05, 0.1) is 18.3 Å². The van der Waals surface area contributed by atoms with Crippen LogP contribution in [0.3, 0.4) is 0 Å². The lowest BCUT2D eigenvalue weighted by Crippen LogP contribution is -2.67. The third-order valence-electron chi connectivity index (χ3n) is 6.22. The Hall–Kier alpha value is -1.56. The maximum Gasteiger partial charge on any atom is 0.320 e. The Morgan fingerprint density at radius 2 is 2.08 bits per heavy atom. The van der Waals surface area contributed by atoms with Crippen LogP contribution in [0.1, 0.15) is 58.4 Å². The van der Waals surface area contributed by atoms with Crippen molar-refractivity contribution in [1.29, 1.82) is 0 Å². The van der Waals surface area contributed by atoms with E-state index in [0.29, 0.717) is 12.0 Å². The maximum absolute atomic E-state index is 12.5. The molecular formula is C18H28N4O2. The molecule has 2 amide bonds. The molecule has 24 heavy (non-hydrogen) atoms. The van der Waals surface area contributed by atoms with Gasteiger partial charge >= 0.3 is 6.03 Å². The zero-order valence-corrected chi connectivity index (χ0v) is 14.6. The van der Waals surface area contributed by atoms with Crippen LogP contribution in [-0.4, -0.2) is 34.6 Å². The molecule has 3 unspecified atom stereocenters. The minimum atomic E-state index is -0.129. The van der Waals surface area contributed by atoms with E-state index in [1.54, 1.807) is 6.20 Å². The fourth-order valence-electron chi connectivity index (χ4n) is 4.94. The van der Waals surface area contributed by atoms with Crippen molar-refractivity contribution in [2.75, 3.05) is 11.9 Å². The Morgan fingerprint density at radius 1 is 1.29 bits per heavy atom. The summed E-state index contributed by atoms with van der Waals surface area (Å²) in [7, 11) is 0. The van der Waals surface area contributed by atoms with Gasteiger partial charge in [-0.15, -0.1) is 0 Å². The van der Waals surface area contributed by atoms with E-state index in [4.69, 9.17) is 4.74 Å². The van der Waals surface area contributed by atoms with Crippen LogP contribution in [-0.2, 0) is 4.74 Å². The van der Waals surface area contributed by atoms with Crippen molar-refractivity contribution in [3.05, 3.63) is 12.3 Å². The summed E-state index contributed by atoms with van der Waals surface area (Å²) in [5.41, 5.74) is 0.00210. The van der Waals surface area contributed by atoms with Gasteiger partial charge in [-0.05, 0) is 19.3 Å². The van der Waals surface area contributed by atoms with Crippen LogP contribution >= 0.6 is 0 Å². The van der Waals surface area contributed by atoms with E-state index in [2.05, 4.69) is 29.6 Å². The number of ether oxygens (including phenoxy) is 1. The van der Waals surface area contributed by atoms with Gasteiger partial charge in [-0.3, -0.25) is 5.32 Å². The van der Waals surface area contributed by atoms with E-state index in [0.717, 1.165) is 31.7 Å². The Morgan fingerprint density at radius 3 is 2.88 bits per heavy atom. The standard InChI is InChI=1S/C18H28N4O2/c1-18(2)15(13-9-11-24-16(13)18)21-17(23)20-14-8-10-19-22(14)12-6-4-3-5-7-12/h8,10,12-13,15-16H,3-7,9,11H2,1-2H3,(H2,20,21,23). The number of nitrogens with one attached hydrogen (secondary N) is 2. The van der Waals surface area contributed by atoms with Crippen LogP contribution in [0.2, 0.25) is 0 Å². The van der Waals surface area contributed by atoms with Gasteiger partial charge in [0.15, 0.2) is 0 Å². The molecule has 1 aromatic rings. The van der Waals surface area contributed by atoms with Gasteiger partial charge < -0.3 is 10.1 Å². The van der Waals surface area contributed by atoms with Crippen molar-refractivity contribution in [1.82, 2.24) is 15.1 Å². The number of nitrogens with zero attached hydrogens (tertiary/aromatic N) is 2. The number of aromatic nitrogens is 2. The predicted molar refractivity (Wildman–Crippen MR) is 91.9 cm³/mol. The highest BCUT2D eigenvalue weighted by molar-refractivity contribution is 5.88. The van der Waals surface area contributed by atoms with Gasteiger partial charge in [-0.2, -0.15) is 5.10 Å². The summed E-state index contributed by atoms with van der Waals surface area (Å²) < 4.78 is 7.79. The van der Waals surface area contributed by atoms with Crippen LogP contribution in [0.4, 0.5) is 10.6 Å². The Balaban J connectivity index is 1.39. The highest BCUT2D eigenvalue weighted by atomic mass is 16.5. The molecule has 2 aliphatic carbocycles. The quantitative estimate of drug-likeness (QED) is 0.892. The highest BCUT2D eigenvalue weighted by Gasteiger charge is 2.59. The molecule has 3 aliphatic rings. The van der Waals surface area contributed by atoms with Gasteiger partial charge in [0.1, 0.15) is 5.82 Å². The fraction of sp³-hybridized carbons (Fsp3) is 0.778. The molecule has 2 saturated carbocycles. The molecule has 0 radical (unpaired) electrons. The number of amides is 2. The molecule has 0 bridgehead atoms. The molecular weight excluding hydrogens is 304 g/mol. The summed E-state index contributed by atoms with van der Waals surface area (Å²) in [6, 6.07) is 2.35. The first-order valence-electron chi connectivity index (χ1n) is 9.30. The Kier molecular flexibility index (Phi) is 4.03. The molecule has 4 rings (SSSR count). The normalized spacial score (nSPS) is 32.0. The van der Waals surface area contributed by atoms with Crippen molar-refractivity contribution >= 4 is 11.8 Å². The van der Waals surface area contributed by atoms with Crippen molar-refractivity contribution in [2.45, 2.75) is 70.6 Å². The minimum Gasteiger partial charge on any atom is -0.377 e. The van der Waals surface area contributed by atoms with Crippen LogP contribution in [0.15, 0.2) is 12.3 Å². The zero-order chi connectivity index (χ0) is 16.7. The number of hydrogen-bond donors (Lipinski definition) is 2. The van der Waals surface area contributed by atoms with E-state index in [9.17, 15) is 4.79 Å². The molecule has 2 N–H and O–H groups in total. The van der Waals surface area contributed by atoms with Crippen LogP contribution in [0.5, 0.6) is 0 Å². The SMILES string of the molecule is CC1(C)C(NC(=O)Nc2ccnn2C2CCCCC2)C2CCOC21. The van der Waals surface area contributed by atoms with Gasteiger partial charge in [-0.25, -0.2) is 9.48 Å². The highest BCUT2D eigenvalue weighted by Crippen LogP contribution is 2.52. The monoisotopic (exact) mass is 332 g/mol. The molecule has 1 saturated heterocycles. The summed E-state index contributed by atoms with van der Waals surface area (Å²) in [5, 5.41) is 10.6. The largest absolute Gasteiger partial charge is 0.377 e. The molecule has 3 fully saturated rings. The molecule has 132 valence electrons. The van der Waals surface area contributed by atoms with Crippen molar-refractivity contribution in [3.63, 3.8) is 0 Å². The van der Waals surface area contributed by atoms with Crippen molar-refractivity contribution < 1.29 is 9.53 Å². The summed E-state index contributed by atoms with van der Waals surface area (Å²) in [6.07, 6.45) is 9.20. The molecule has 0 aromatic carbocycles. The second-order valence-electron chi connectivity index (χ2n) is 8.09. The molecule has 1 aliphatic heterocycles. The first-order chi connectivity index (χ1) is 11.6. The Labute approximate surface area is 143 Å². The predicted octanol–water partition coefficient (Wildman–Crippen LogP) is 3.32. The average molecular weight is 332 g/mol. The number of urea groups is 1. The van der Waals surface area contributed by atoms with Crippen LogP contribution in [0, 0.1) is 11.3 Å². The third kappa shape index (κ3) is 2.61.